The minimum Gasteiger partial charge on any atom is -0.508 e. The summed E-state index contributed by atoms with van der Waals surface area (Å²) in [5, 5.41) is 40.8. The van der Waals surface area contributed by atoms with Crippen LogP contribution in [0.1, 0.15) is 71.5 Å². The molecule has 192 valence electrons. The van der Waals surface area contributed by atoms with E-state index in [9.17, 15) is 34.8 Å². The van der Waals surface area contributed by atoms with Crippen molar-refractivity contribution in [1.29, 1.82) is 0 Å². The minimum absolute atomic E-state index is 0.0532. The smallest absolute Gasteiger partial charge is 0.347 e. The third-order valence-corrected chi connectivity index (χ3v) is 6.48. The number of hydrogen-bond acceptors (Lipinski definition) is 7. The Kier molecular flexibility index (Phi) is 7.62. The summed E-state index contributed by atoms with van der Waals surface area (Å²) in [7, 11) is 0. The number of nitrogens with zero attached hydrogens (tertiary/aromatic N) is 1. The number of aliphatic carboxylic acids is 1. The van der Waals surface area contributed by atoms with Gasteiger partial charge in [-0.15, -0.1) is 0 Å². The quantitative estimate of drug-likeness (QED) is 0.240. The molecule has 9 nitrogen and oxygen atoms in total. The predicted molar refractivity (Wildman–Crippen MR) is 131 cm³/mol. The van der Waals surface area contributed by atoms with Gasteiger partial charge in [0.25, 0.3) is 5.91 Å². The largest absolute Gasteiger partial charge is 0.508 e. The number of carboxylic acids is 1. The maximum atomic E-state index is 13.3. The molecule has 0 unspecified atom stereocenters. The molecule has 1 heterocycles. The summed E-state index contributed by atoms with van der Waals surface area (Å²) < 4.78 is 5.57. The maximum absolute atomic E-state index is 13.3. The lowest BCUT2D eigenvalue weighted by molar-refractivity contribution is -0.144. The molecule has 4 N–H and O–H groups in total. The second-order valence-corrected chi connectivity index (χ2v) is 9.36. The molecule has 9 heteroatoms. The molecule has 1 aliphatic rings. The number of allylic oxidation sites excluding steroid dienone is 2. The van der Waals surface area contributed by atoms with Crippen LogP contribution in [0.5, 0.6) is 23.0 Å². The number of fused-ring (bicyclic) bond motifs is 1. The number of aryl methyl sites for hydroxylation is 1. The zero-order chi connectivity index (χ0) is 26.9. The Balaban J connectivity index is 2.10. The Morgan fingerprint density at radius 3 is 2.39 bits per heavy atom. The van der Waals surface area contributed by atoms with Crippen molar-refractivity contribution in [1.82, 2.24) is 4.90 Å². The number of phenolic OH excluding ortho intramolecular Hbond substituents is 3. The van der Waals surface area contributed by atoms with Gasteiger partial charge in [0.1, 0.15) is 34.6 Å². The first-order chi connectivity index (χ1) is 16.9. The highest BCUT2D eigenvalue weighted by Crippen LogP contribution is 2.41. The number of rotatable bonds is 8. The highest BCUT2D eigenvalue weighted by molar-refractivity contribution is 6.02. The summed E-state index contributed by atoms with van der Waals surface area (Å²) in [4.78, 5) is 39.5. The Labute approximate surface area is 209 Å². The molecule has 0 bridgehead atoms. The number of esters is 1. The standard InChI is InChI=1S/C27H31NO8/c1-6-14(4)23(26(33)34)28-12-19-18(25(28)32)11-21(17(24(19)31)8-7-13(2)3)36-27(35)22-15(5)9-16(29)10-20(22)30/h7,9-11,14,23,29-31H,6,8,12H2,1-5H3,(H,33,34)/t14-,23+/m1/s1. The fraction of sp³-hybridized carbons (Fsp3) is 0.370. The Morgan fingerprint density at radius 2 is 1.83 bits per heavy atom. The molecule has 3 rings (SSSR count). The SMILES string of the molecule is CC[C@@H](C)[C@@H](C(=O)O)N1Cc2c(cc(OC(=O)c3c(C)cc(O)cc3O)c(CC=C(C)C)c2O)C1=O. The monoisotopic (exact) mass is 497 g/mol. The van der Waals surface area contributed by atoms with Crippen molar-refractivity contribution in [2.45, 2.75) is 60.0 Å². The van der Waals surface area contributed by atoms with Crippen LogP contribution in [0, 0.1) is 12.8 Å². The zero-order valence-electron chi connectivity index (χ0n) is 21.0. The molecular formula is C27H31NO8. The predicted octanol–water partition coefficient (Wildman–Crippen LogP) is 4.29. The fourth-order valence-electron chi connectivity index (χ4n) is 4.37. The summed E-state index contributed by atoms with van der Waals surface area (Å²) in [6, 6.07) is 2.56. The van der Waals surface area contributed by atoms with Crippen LogP contribution in [-0.2, 0) is 17.8 Å². The zero-order valence-corrected chi connectivity index (χ0v) is 21.0. The van der Waals surface area contributed by atoms with Gasteiger partial charge in [0.15, 0.2) is 0 Å². The number of carbonyl (C=O) groups excluding carboxylic acids is 2. The highest BCUT2D eigenvalue weighted by Gasteiger charge is 2.41. The second kappa shape index (κ2) is 10.3. The highest BCUT2D eigenvalue weighted by atomic mass is 16.5. The van der Waals surface area contributed by atoms with Gasteiger partial charge in [0.2, 0.25) is 0 Å². The van der Waals surface area contributed by atoms with Gasteiger partial charge in [-0.1, -0.05) is 31.9 Å². The minimum atomic E-state index is -1.14. The average Bonchev–Trinajstić information content (AvgIpc) is 3.08. The van der Waals surface area contributed by atoms with Crippen LogP contribution in [0.2, 0.25) is 0 Å². The number of carbonyl (C=O) groups is 3. The van der Waals surface area contributed by atoms with E-state index in [4.69, 9.17) is 4.74 Å². The first-order valence-electron chi connectivity index (χ1n) is 11.7. The molecule has 0 radical (unpaired) electrons. The molecule has 1 amide bonds. The molecule has 1 aliphatic heterocycles. The maximum Gasteiger partial charge on any atom is 0.347 e. The van der Waals surface area contributed by atoms with Gasteiger partial charge in [0.05, 0.1) is 12.1 Å². The van der Waals surface area contributed by atoms with Crippen LogP contribution in [-0.4, -0.2) is 49.2 Å². The van der Waals surface area contributed by atoms with E-state index in [0.717, 1.165) is 11.6 Å². The topological polar surface area (TPSA) is 145 Å². The number of phenols is 3. The van der Waals surface area contributed by atoms with Crippen molar-refractivity contribution in [2.24, 2.45) is 5.92 Å². The Morgan fingerprint density at radius 1 is 1.17 bits per heavy atom. The molecule has 0 fully saturated rings. The van der Waals surface area contributed by atoms with Crippen molar-refractivity contribution in [2.75, 3.05) is 0 Å². The van der Waals surface area contributed by atoms with Crippen molar-refractivity contribution < 1.29 is 39.5 Å². The van der Waals surface area contributed by atoms with Gasteiger partial charge in [-0.3, -0.25) is 4.79 Å². The lowest BCUT2D eigenvalue weighted by Gasteiger charge is -2.28. The third kappa shape index (κ3) is 5.00. The van der Waals surface area contributed by atoms with E-state index in [1.54, 1.807) is 6.92 Å². The molecule has 0 spiro atoms. The molecule has 2 aromatic rings. The molecular weight excluding hydrogens is 466 g/mol. The fourth-order valence-corrected chi connectivity index (χ4v) is 4.37. The van der Waals surface area contributed by atoms with Gasteiger partial charge in [-0.25, -0.2) is 9.59 Å². The third-order valence-electron chi connectivity index (χ3n) is 6.48. The average molecular weight is 498 g/mol. The lowest BCUT2D eigenvalue weighted by atomic mass is 9.98. The van der Waals surface area contributed by atoms with Crippen LogP contribution < -0.4 is 4.74 Å². The number of benzene rings is 2. The number of carboxylic acid groups (broad SMARTS) is 1. The molecule has 0 aliphatic carbocycles. The molecule has 2 atom stereocenters. The Hall–Kier alpha value is -4.01. The van der Waals surface area contributed by atoms with Crippen molar-refractivity contribution in [3.8, 4) is 23.0 Å². The van der Waals surface area contributed by atoms with Crippen molar-refractivity contribution >= 4 is 17.8 Å². The van der Waals surface area contributed by atoms with Crippen LogP contribution >= 0.6 is 0 Å². The van der Waals surface area contributed by atoms with E-state index in [2.05, 4.69) is 0 Å². The van der Waals surface area contributed by atoms with Crippen LogP contribution in [0.3, 0.4) is 0 Å². The van der Waals surface area contributed by atoms with Crippen molar-refractivity contribution in [3.63, 3.8) is 0 Å². The normalized spacial score (nSPS) is 14.2. The molecule has 0 saturated heterocycles. The van der Waals surface area contributed by atoms with Gasteiger partial charge < -0.3 is 30.1 Å². The summed E-state index contributed by atoms with van der Waals surface area (Å²) in [6.07, 6.45) is 2.54. The van der Waals surface area contributed by atoms with E-state index in [1.165, 1.54) is 24.0 Å². The summed E-state index contributed by atoms with van der Waals surface area (Å²) in [6.45, 7) is 8.74. The molecule has 0 saturated carbocycles. The molecule has 0 aromatic heterocycles. The van der Waals surface area contributed by atoms with E-state index in [0.29, 0.717) is 6.42 Å². The number of ether oxygens (including phenoxy) is 1. The lowest BCUT2D eigenvalue weighted by Crippen LogP contribution is -2.45. The summed E-state index contributed by atoms with van der Waals surface area (Å²) in [5.41, 5.74) is 1.63. The Bertz CT molecular complexity index is 1240. The van der Waals surface area contributed by atoms with E-state index >= 15 is 0 Å². The number of amides is 1. The van der Waals surface area contributed by atoms with E-state index in [1.807, 2.05) is 26.8 Å². The summed E-state index contributed by atoms with van der Waals surface area (Å²) in [5.74, 6) is -4.01. The first kappa shape index (κ1) is 26.6. The van der Waals surface area contributed by atoms with Crippen LogP contribution in [0.15, 0.2) is 29.8 Å². The van der Waals surface area contributed by atoms with Gasteiger partial charge in [-0.05, 0) is 50.8 Å². The molecule has 36 heavy (non-hydrogen) atoms. The number of aromatic hydroxyl groups is 3. The van der Waals surface area contributed by atoms with E-state index < -0.39 is 29.6 Å². The second-order valence-electron chi connectivity index (χ2n) is 9.36. The van der Waals surface area contributed by atoms with E-state index in [-0.39, 0.29) is 63.9 Å². The van der Waals surface area contributed by atoms with Gasteiger partial charge in [0, 0.05) is 17.2 Å². The molecule has 2 aromatic carbocycles. The van der Waals surface area contributed by atoms with Crippen molar-refractivity contribution in [3.05, 3.63) is 57.7 Å². The van der Waals surface area contributed by atoms with Crippen LogP contribution in [0.25, 0.3) is 0 Å². The first-order valence-corrected chi connectivity index (χ1v) is 11.7. The van der Waals surface area contributed by atoms with Gasteiger partial charge >= 0.3 is 11.9 Å². The summed E-state index contributed by atoms with van der Waals surface area (Å²) >= 11 is 0. The number of hydrogen-bond donors (Lipinski definition) is 4. The van der Waals surface area contributed by atoms with Crippen LogP contribution in [0.4, 0.5) is 0 Å². The van der Waals surface area contributed by atoms with Gasteiger partial charge in [-0.2, -0.15) is 0 Å².